The van der Waals surface area contributed by atoms with Crippen molar-refractivity contribution in [2.45, 2.75) is 50.0 Å². The summed E-state index contributed by atoms with van der Waals surface area (Å²) >= 11 is 0. The second-order valence-corrected chi connectivity index (χ2v) is 9.77. The third kappa shape index (κ3) is 5.34. The number of aryl methyl sites for hydroxylation is 1. The van der Waals surface area contributed by atoms with E-state index >= 15 is 0 Å². The average Bonchev–Trinajstić information content (AvgIpc) is 2.82. The molecular weight excluding hydrogens is 475 g/mol. The van der Waals surface area contributed by atoms with Gasteiger partial charge in [0.1, 0.15) is 6.61 Å². The van der Waals surface area contributed by atoms with Gasteiger partial charge in [-0.1, -0.05) is 42.0 Å². The van der Waals surface area contributed by atoms with Gasteiger partial charge < -0.3 is 20.5 Å². The van der Waals surface area contributed by atoms with Crippen LogP contribution in [0.2, 0.25) is 0 Å². The zero-order chi connectivity index (χ0) is 26.1. The lowest BCUT2D eigenvalue weighted by molar-refractivity contribution is -0.146. The molecule has 2 saturated heterocycles. The van der Waals surface area contributed by atoms with E-state index in [1.807, 2.05) is 35.2 Å². The number of carbonyl (C=O) groups is 2. The third-order valence-corrected chi connectivity index (χ3v) is 7.13. The van der Waals surface area contributed by atoms with Gasteiger partial charge in [-0.15, -0.1) is 0 Å². The van der Waals surface area contributed by atoms with E-state index < -0.39 is 35.0 Å². The Morgan fingerprint density at radius 3 is 2.56 bits per heavy atom. The lowest BCUT2D eigenvalue weighted by atomic mass is 9.73. The number of ether oxygens (including phenoxy) is 2. The molecule has 0 aliphatic carbocycles. The summed E-state index contributed by atoms with van der Waals surface area (Å²) in [7, 11) is 0. The molecule has 2 fully saturated rings. The number of nitrogens with one attached hydrogen (secondary N) is 1. The number of halogens is 3. The van der Waals surface area contributed by atoms with Crippen LogP contribution in [0.5, 0.6) is 0 Å². The molecule has 194 valence electrons. The number of benzene rings is 2. The Labute approximate surface area is 207 Å². The molecular formula is C26H30F3N3O4. The van der Waals surface area contributed by atoms with Gasteiger partial charge in [0.25, 0.3) is 0 Å². The van der Waals surface area contributed by atoms with Crippen molar-refractivity contribution in [1.82, 2.24) is 10.2 Å². The Balaban J connectivity index is 1.62. The molecule has 36 heavy (non-hydrogen) atoms. The Morgan fingerprint density at radius 2 is 1.89 bits per heavy atom. The molecule has 2 aromatic rings. The van der Waals surface area contributed by atoms with Crippen molar-refractivity contribution < 1.29 is 32.2 Å². The van der Waals surface area contributed by atoms with E-state index in [0.29, 0.717) is 30.5 Å². The van der Waals surface area contributed by atoms with Crippen LogP contribution in [-0.2, 0) is 26.0 Å². The lowest BCUT2D eigenvalue weighted by Crippen LogP contribution is -2.73. The largest absolute Gasteiger partial charge is 0.447 e. The summed E-state index contributed by atoms with van der Waals surface area (Å²) in [6.45, 7) is 3.97. The van der Waals surface area contributed by atoms with Crippen molar-refractivity contribution >= 4 is 12.0 Å². The van der Waals surface area contributed by atoms with Crippen LogP contribution in [0.15, 0.2) is 48.5 Å². The first kappa shape index (κ1) is 26.0. The molecule has 7 nitrogen and oxygen atoms in total. The number of hydrogen-bond donors (Lipinski definition) is 2. The fourth-order valence-electron chi connectivity index (χ4n) is 5.27. The van der Waals surface area contributed by atoms with E-state index in [0.717, 1.165) is 17.7 Å². The van der Waals surface area contributed by atoms with E-state index in [1.54, 1.807) is 19.9 Å². The number of fused-ring (bicyclic) bond motifs is 2. The van der Waals surface area contributed by atoms with Gasteiger partial charge in [-0.2, -0.15) is 13.2 Å². The van der Waals surface area contributed by atoms with Gasteiger partial charge in [-0.25, -0.2) is 4.79 Å². The Morgan fingerprint density at radius 1 is 1.17 bits per heavy atom. The number of piperidine rings is 1. The van der Waals surface area contributed by atoms with Crippen molar-refractivity contribution in [2.24, 2.45) is 5.73 Å². The molecule has 2 amide bonds. The topological polar surface area (TPSA) is 93.9 Å². The van der Waals surface area contributed by atoms with Crippen LogP contribution in [0, 0.1) is 6.92 Å². The monoisotopic (exact) mass is 505 g/mol. The normalized spacial score (nSPS) is 26.7. The minimum atomic E-state index is -4.45. The highest BCUT2D eigenvalue weighted by molar-refractivity contribution is 5.80. The molecule has 0 saturated carbocycles. The first-order valence-electron chi connectivity index (χ1n) is 11.8. The minimum absolute atomic E-state index is 0.0454. The van der Waals surface area contributed by atoms with Gasteiger partial charge in [0.2, 0.25) is 5.91 Å². The Kier molecular flexibility index (Phi) is 7.03. The number of alkyl halides is 3. The molecule has 2 aromatic carbocycles. The van der Waals surface area contributed by atoms with Crippen LogP contribution in [0.25, 0.3) is 0 Å². The summed E-state index contributed by atoms with van der Waals surface area (Å²) in [5, 5.41) is 2.96. The molecule has 2 bridgehead atoms. The van der Waals surface area contributed by atoms with Gasteiger partial charge >= 0.3 is 12.3 Å². The first-order chi connectivity index (χ1) is 16.9. The maximum atomic E-state index is 13.4. The highest BCUT2D eigenvalue weighted by Crippen LogP contribution is 2.44. The van der Waals surface area contributed by atoms with Crippen molar-refractivity contribution in [1.29, 1.82) is 0 Å². The third-order valence-electron chi connectivity index (χ3n) is 7.13. The fourth-order valence-corrected chi connectivity index (χ4v) is 5.27. The van der Waals surface area contributed by atoms with Gasteiger partial charge in [-0.05, 0) is 49.9 Å². The van der Waals surface area contributed by atoms with Crippen LogP contribution in [0.4, 0.5) is 18.0 Å². The van der Waals surface area contributed by atoms with Gasteiger partial charge in [0.15, 0.2) is 0 Å². The number of rotatable bonds is 7. The SMILES string of the molecule is Cc1cc([C@@H](C)OC[C@@]2(c3ccccc3)CC[C@]3(COC(N)=O)CN2CC(=O)N3)cc(C(F)(F)F)c1. The quantitative estimate of drug-likeness (QED) is 0.592. The molecule has 4 rings (SSSR count). The predicted octanol–water partition coefficient (Wildman–Crippen LogP) is 4.05. The number of nitrogens with two attached hydrogens (primary N) is 1. The van der Waals surface area contributed by atoms with E-state index in [4.69, 9.17) is 15.2 Å². The number of amides is 2. The van der Waals surface area contributed by atoms with Crippen molar-refractivity contribution in [3.8, 4) is 0 Å². The van der Waals surface area contributed by atoms with Crippen LogP contribution >= 0.6 is 0 Å². The maximum Gasteiger partial charge on any atom is 0.416 e. The highest BCUT2D eigenvalue weighted by Gasteiger charge is 2.53. The van der Waals surface area contributed by atoms with Crippen LogP contribution in [0.1, 0.15) is 48.1 Å². The van der Waals surface area contributed by atoms with Crippen molar-refractivity contribution in [3.05, 3.63) is 70.8 Å². The average molecular weight is 506 g/mol. The van der Waals surface area contributed by atoms with Crippen molar-refractivity contribution in [3.63, 3.8) is 0 Å². The number of hydrogen-bond acceptors (Lipinski definition) is 5. The van der Waals surface area contributed by atoms with Gasteiger partial charge in [0.05, 0.1) is 35.9 Å². The molecule has 2 aliphatic heterocycles. The zero-order valence-electron chi connectivity index (χ0n) is 20.2. The maximum absolute atomic E-state index is 13.4. The lowest BCUT2D eigenvalue weighted by Gasteiger charge is -2.56. The smallest absolute Gasteiger partial charge is 0.416 e. The Hall–Kier alpha value is -3.11. The van der Waals surface area contributed by atoms with E-state index in [-0.39, 0.29) is 25.7 Å². The van der Waals surface area contributed by atoms with E-state index in [2.05, 4.69) is 5.32 Å². The molecule has 10 heteroatoms. The predicted molar refractivity (Wildman–Crippen MR) is 126 cm³/mol. The molecule has 2 heterocycles. The number of nitrogens with zero attached hydrogens (tertiary/aromatic N) is 1. The summed E-state index contributed by atoms with van der Waals surface area (Å²) in [4.78, 5) is 26.0. The van der Waals surface area contributed by atoms with Crippen LogP contribution < -0.4 is 11.1 Å². The molecule has 4 atom stereocenters. The van der Waals surface area contributed by atoms with Crippen LogP contribution in [-0.4, -0.2) is 48.7 Å². The first-order valence-corrected chi connectivity index (χ1v) is 11.8. The second-order valence-electron chi connectivity index (χ2n) is 9.77. The van der Waals surface area contributed by atoms with Gasteiger partial charge in [-0.3, -0.25) is 9.69 Å². The number of piperazine rings is 1. The Bertz CT molecular complexity index is 1130. The summed E-state index contributed by atoms with van der Waals surface area (Å²) in [6.07, 6.45) is -4.92. The van der Waals surface area contributed by atoms with E-state index in [1.165, 1.54) is 0 Å². The minimum Gasteiger partial charge on any atom is -0.447 e. The van der Waals surface area contributed by atoms with Gasteiger partial charge in [0, 0.05) is 6.54 Å². The molecule has 0 spiro atoms. The second kappa shape index (κ2) is 9.74. The zero-order valence-corrected chi connectivity index (χ0v) is 20.2. The molecule has 0 radical (unpaired) electrons. The summed E-state index contributed by atoms with van der Waals surface area (Å²) in [5.41, 5.74) is 4.85. The fraction of sp³-hybridized carbons (Fsp3) is 0.462. The number of carbonyl (C=O) groups excluding carboxylic acids is 2. The number of primary amides is 1. The van der Waals surface area contributed by atoms with Crippen LogP contribution in [0.3, 0.4) is 0 Å². The molecule has 3 N–H and O–H groups in total. The summed E-state index contributed by atoms with van der Waals surface area (Å²) < 4.78 is 51.4. The standard InChI is InChI=1S/C26H30F3N3O4/c1-17-10-19(12-21(11-17)26(27,28)29)18(2)35-16-25(20-6-4-3-5-7-20)9-8-24(15-36-23(30)34)14-32(25)13-22(33)31-24/h3-7,10-12,18H,8-9,13-16H2,1-2H3,(H2,30,34)(H,31,33)/t18-,24-,25-/m1/s1. The molecule has 0 aromatic heterocycles. The van der Waals surface area contributed by atoms with E-state index in [9.17, 15) is 22.8 Å². The highest BCUT2D eigenvalue weighted by atomic mass is 19.4. The summed E-state index contributed by atoms with van der Waals surface area (Å²) in [5.74, 6) is -0.212. The molecule has 2 aliphatic rings. The molecule has 1 unspecified atom stereocenters. The van der Waals surface area contributed by atoms with Crippen molar-refractivity contribution in [2.75, 3.05) is 26.3 Å². The summed E-state index contributed by atoms with van der Waals surface area (Å²) in [6, 6.07) is 13.5.